The van der Waals surface area contributed by atoms with E-state index in [-0.39, 0.29) is 11.5 Å². The van der Waals surface area contributed by atoms with E-state index in [4.69, 9.17) is 12.2 Å². The number of nitrogens with one attached hydrogen (secondary N) is 1. The quantitative estimate of drug-likeness (QED) is 0.456. The summed E-state index contributed by atoms with van der Waals surface area (Å²) in [5.41, 5.74) is 1.55. The average molecular weight is 401 g/mol. The van der Waals surface area contributed by atoms with Crippen molar-refractivity contribution in [1.29, 1.82) is 0 Å². The van der Waals surface area contributed by atoms with Crippen LogP contribution in [0.3, 0.4) is 0 Å². The molecule has 0 unspecified atom stereocenters. The van der Waals surface area contributed by atoms with Crippen LogP contribution in [0.4, 0.5) is 5.82 Å². The van der Waals surface area contributed by atoms with Crippen molar-refractivity contribution in [3.63, 3.8) is 0 Å². The summed E-state index contributed by atoms with van der Waals surface area (Å²) in [4.78, 5) is 32.3. The van der Waals surface area contributed by atoms with Gasteiger partial charge in [0.15, 0.2) is 0 Å². The Morgan fingerprint density at radius 2 is 2.19 bits per heavy atom. The Labute approximate surface area is 167 Å². The number of hydrogen-bond acceptors (Lipinski definition) is 6. The van der Waals surface area contributed by atoms with E-state index in [2.05, 4.69) is 16.9 Å². The second-order valence-corrected chi connectivity index (χ2v) is 7.74. The lowest BCUT2D eigenvalue weighted by Crippen LogP contribution is -2.28. The molecule has 6 nitrogen and oxygen atoms in total. The van der Waals surface area contributed by atoms with Crippen LogP contribution < -0.4 is 10.9 Å². The van der Waals surface area contributed by atoms with E-state index in [1.807, 2.05) is 19.9 Å². The van der Waals surface area contributed by atoms with Gasteiger partial charge in [-0.05, 0) is 31.1 Å². The van der Waals surface area contributed by atoms with E-state index in [0.717, 1.165) is 12.0 Å². The molecule has 3 rings (SSSR count). The van der Waals surface area contributed by atoms with Crippen molar-refractivity contribution in [3.8, 4) is 0 Å². The minimum absolute atomic E-state index is 0.171. The van der Waals surface area contributed by atoms with Crippen LogP contribution in [-0.2, 0) is 4.79 Å². The van der Waals surface area contributed by atoms with Crippen molar-refractivity contribution < 1.29 is 4.79 Å². The molecule has 0 aliphatic carbocycles. The maximum atomic E-state index is 13.1. The molecule has 2 aromatic rings. The predicted octanol–water partition coefficient (Wildman–Crippen LogP) is 3.21. The summed E-state index contributed by atoms with van der Waals surface area (Å²) in [6.07, 6.45) is 5.76. The van der Waals surface area contributed by atoms with Gasteiger partial charge in [-0.2, -0.15) is 0 Å². The van der Waals surface area contributed by atoms with Crippen LogP contribution in [0.25, 0.3) is 11.7 Å². The number of rotatable bonds is 6. The van der Waals surface area contributed by atoms with Gasteiger partial charge in [0.25, 0.3) is 11.5 Å². The fraction of sp³-hybridized carbons (Fsp3) is 0.263. The van der Waals surface area contributed by atoms with Crippen LogP contribution in [0.5, 0.6) is 0 Å². The highest BCUT2D eigenvalue weighted by Crippen LogP contribution is 2.33. The van der Waals surface area contributed by atoms with Gasteiger partial charge in [0.2, 0.25) is 0 Å². The number of aromatic nitrogens is 2. The lowest BCUT2D eigenvalue weighted by atomic mass is 10.2. The third-order valence-corrected chi connectivity index (χ3v) is 5.47. The van der Waals surface area contributed by atoms with Crippen LogP contribution in [0.15, 0.2) is 40.7 Å². The molecule has 0 radical (unpaired) electrons. The number of thiocarbonyl (C=S) groups is 1. The molecular weight excluding hydrogens is 380 g/mol. The Hall–Kier alpha value is -2.45. The zero-order valence-electron chi connectivity index (χ0n) is 15.2. The number of aryl methyl sites for hydroxylation is 1. The van der Waals surface area contributed by atoms with Gasteiger partial charge in [0, 0.05) is 19.3 Å². The van der Waals surface area contributed by atoms with E-state index in [1.54, 1.807) is 29.3 Å². The van der Waals surface area contributed by atoms with Crippen LogP contribution in [0, 0.1) is 6.92 Å². The summed E-state index contributed by atoms with van der Waals surface area (Å²) in [7, 11) is 0. The molecule has 1 fully saturated rings. The highest BCUT2D eigenvalue weighted by molar-refractivity contribution is 8.26. The Morgan fingerprint density at radius 1 is 1.41 bits per heavy atom. The second-order valence-electron chi connectivity index (χ2n) is 6.07. The molecule has 27 heavy (non-hydrogen) atoms. The largest absolute Gasteiger partial charge is 0.366 e. The number of carbonyl (C=O) groups excluding carboxylic acids is 1. The summed E-state index contributed by atoms with van der Waals surface area (Å²) in [6.45, 7) is 8.60. The molecule has 1 amide bonds. The summed E-state index contributed by atoms with van der Waals surface area (Å²) in [5, 5.41) is 3.11. The first-order valence-corrected chi connectivity index (χ1v) is 9.82. The van der Waals surface area contributed by atoms with Gasteiger partial charge >= 0.3 is 0 Å². The number of anilines is 1. The Balaban J connectivity index is 2.17. The first-order chi connectivity index (χ1) is 13.0. The van der Waals surface area contributed by atoms with Crippen LogP contribution in [-0.4, -0.2) is 37.6 Å². The number of carbonyl (C=O) groups is 1. The van der Waals surface area contributed by atoms with Crippen LogP contribution >= 0.6 is 24.0 Å². The third-order valence-electron chi connectivity index (χ3n) is 4.09. The highest BCUT2D eigenvalue weighted by atomic mass is 32.2. The summed E-state index contributed by atoms with van der Waals surface area (Å²) in [6, 6.07) is 3.70. The van der Waals surface area contributed by atoms with Crippen LogP contribution in [0.1, 0.15) is 24.5 Å². The van der Waals surface area contributed by atoms with E-state index >= 15 is 0 Å². The van der Waals surface area contributed by atoms with Crippen molar-refractivity contribution >= 4 is 51.7 Å². The topological polar surface area (TPSA) is 66.7 Å². The second kappa shape index (κ2) is 8.06. The minimum atomic E-state index is -0.240. The fourth-order valence-electron chi connectivity index (χ4n) is 2.79. The van der Waals surface area contributed by atoms with Crippen molar-refractivity contribution in [2.45, 2.75) is 20.3 Å². The predicted molar refractivity (Wildman–Crippen MR) is 115 cm³/mol. The zero-order valence-corrected chi connectivity index (χ0v) is 16.8. The van der Waals surface area contributed by atoms with E-state index in [0.29, 0.717) is 39.3 Å². The molecule has 0 spiro atoms. The van der Waals surface area contributed by atoms with Gasteiger partial charge < -0.3 is 5.32 Å². The first kappa shape index (κ1) is 19.3. The fourth-order valence-corrected chi connectivity index (χ4v) is 4.08. The zero-order chi connectivity index (χ0) is 19.6. The molecule has 1 aliphatic rings. The Bertz CT molecular complexity index is 1030. The molecule has 140 valence electrons. The molecule has 0 aromatic carbocycles. The van der Waals surface area contributed by atoms with E-state index in [9.17, 15) is 9.59 Å². The van der Waals surface area contributed by atoms with Gasteiger partial charge in [-0.3, -0.25) is 18.9 Å². The van der Waals surface area contributed by atoms with Gasteiger partial charge in [-0.1, -0.05) is 43.0 Å². The number of thioether (sulfide) groups is 1. The van der Waals surface area contributed by atoms with E-state index in [1.165, 1.54) is 16.2 Å². The van der Waals surface area contributed by atoms with Crippen LogP contribution in [0.2, 0.25) is 0 Å². The molecule has 1 N–H and O–H groups in total. The minimum Gasteiger partial charge on any atom is -0.366 e. The lowest BCUT2D eigenvalue weighted by Gasteiger charge is -2.12. The molecule has 0 atom stereocenters. The van der Waals surface area contributed by atoms with Gasteiger partial charge in [-0.25, -0.2) is 4.98 Å². The Morgan fingerprint density at radius 3 is 2.89 bits per heavy atom. The molecular formula is C19H20N4O2S2. The smallest absolute Gasteiger partial charge is 0.267 e. The van der Waals surface area contributed by atoms with Crippen molar-refractivity contribution in [3.05, 3.63) is 57.4 Å². The first-order valence-electron chi connectivity index (χ1n) is 8.60. The number of nitrogens with zero attached hydrogens (tertiary/aromatic N) is 3. The van der Waals surface area contributed by atoms with Crippen molar-refractivity contribution in [1.82, 2.24) is 14.3 Å². The molecule has 0 bridgehead atoms. The van der Waals surface area contributed by atoms with Gasteiger partial charge in [-0.15, -0.1) is 6.58 Å². The molecule has 1 aliphatic heterocycles. The number of fused-ring (bicyclic) bond motifs is 1. The summed E-state index contributed by atoms with van der Waals surface area (Å²) < 4.78 is 2.01. The number of amides is 1. The van der Waals surface area contributed by atoms with Gasteiger partial charge in [0.1, 0.15) is 15.8 Å². The van der Waals surface area contributed by atoms with Crippen molar-refractivity contribution in [2.75, 3.05) is 18.4 Å². The normalized spacial score (nSPS) is 15.8. The lowest BCUT2D eigenvalue weighted by molar-refractivity contribution is -0.122. The summed E-state index contributed by atoms with van der Waals surface area (Å²) in [5.74, 6) is 0.255. The molecule has 1 saturated heterocycles. The standard InChI is InChI=1S/C19H20N4O2S2/c1-4-8-20-15-13(11-14-18(25)23(9-5-2)19(26)27-14)17(24)22-10-6-7-12(3)16(22)21-15/h4,6-7,10-11,20H,1,5,8-9H2,2-3H3. The highest BCUT2D eigenvalue weighted by Gasteiger charge is 2.31. The molecule has 3 heterocycles. The summed E-state index contributed by atoms with van der Waals surface area (Å²) >= 11 is 6.52. The monoisotopic (exact) mass is 400 g/mol. The number of pyridine rings is 1. The molecule has 0 saturated carbocycles. The average Bonchev–Trinajstić information content (AvgIpc) is 2.91. The Kier molecular flexibility index (Phi) is 5.76. The molecule has 8 heteroatoms. The van der Waals surface area contributed by atoms with E-state index < -0.39 is 0 Å². The maximum absolute atomic E-state index is 13.1. The number of hydrogen-bond donors (Lipinski definition) is 1. The molecule has 2 aromatic heterocycles. The van der Waals surface area contributed by atoms with Crippen molar-refractivity contribution in [2.24, 2.45) is 0 Å². The third kappa shape index (κ3) is 3.68. The SMILES string of the molecule is C=CCNc1nc2c(C)cccn2c(=O)c1C=C1SC(=S)N(CCC)C1=O. The maximum Gasteiger partial charge on any atom is 0.267 e. The van der Waals surface area contributed by atoms with Gasteiger partial charge in [0.05, 0.1) is 10.5 Å².